The Balaban J connectivity index is 3.39. The van der Waals surface area contributed by atoms with Crippen molar-refractivity contribution in [3.63, 3.8) is 0 Å². The Morgan fingerprint density at radius 2 is 1.32 bits per heavy atom. The van der Waals surface area contributed by atoms with Gasteiger partial charge in [-0.15, -0.1) is 0 Å². The van der Waals surface area contributed by atoms with E-state index in [0.29, 0.717) is 19.1 Å². The van der Waals surface area contributed by atoms with Gasteiger partial charge >= 0.3 is 11.9 Å². The van der Waals surface area contributed by atoms with Crippen molar-refractivity contribution in [3.05, 3.63) is 0 Å². The molecule has 0 spiro atoms. The Morgan fingerprint density at radius 1 is 0.760 bits per heavy atom. The van der Waals surface area contributed by atoms with Crippen LogP contribution in [-0.4, -0.2) is 38.4 Å². The Hall–Kier alpha value is -1.10. The van der Waals surface area contributed by atoms with Crippen LogP contribution in [0, 0.1) is 5.92 Å². The molecular formula is C20H38O5. The van der Waals surface area contributed by atoms with E-state index >= 15 is 0 Å². The highest BCUT2D eigenvalue weighted by atomic mass is 16.6. The standard InChI is InChI=1S/C20H38O5/c1-4-6-7-8-9-10-11-12-14-24-19(21)16-23-17-20(22)25-15-18(3)13-5-2/h18H,4-17H2,1-3H3. The highest BCUT2D eigenvalue weighted by Gasteiger charge is 2.09. The molecule has 0 heterocycles. The number of hydrogen-bond acceptors (Lipinski definition) is 5. The van der Waals surface area contributed by atoms with Gasteiger partial charge in [-0.1, -0.05) is 72.1 Å². The van der Waals surface area contributed by atoms with Crippen LogP contribution >= 0.6 is 0 Å². The third-order valence-electron chi connectivity index (χ3n) is 4.01. The van der Waals surface area contributed by atoms with Crippen LogP contribution in [0.5, 0.6) is 0 Å². The molecule has 0 saturated heterocycles. The molecule has 5 heteroatoms. The lowest BCUT2D eigenvalue weighted by molar-refractivity contribution is -0.156. The second kappa shape index (κ2) is 17.7. The molecule has 0 aliphatic carbocycles. The summed E-state index contributed by atoms with van der Waals surface area (Å²) < 4.78 is 15.2. The molecule has 0 saturated carbocycles. The molecule has 0 fully saturated rings. The monoisotopic (exact) mass is 358 g/mol. The van der Waals surface area contributed by atoms with E-state index in [2.05, 4.69) is 13.8 Å². The maximum Gasteiger partial charge on any atom is 0.332 e. The van der Waals surface area contributed by atoms with Crippen molar-refractivity contribution in [1.29, 1.82) is 0 Å². The summed E-state index contributed by atoms with van der Waals surface area (Å²) >= 11 is 0. The van der Waals surface area contributed by atoms with Crippen LogP contribution in [0.2, 0.25) is 0 Å². The third-order valence-corrected chi connectivity index (χ3v) is 4.01. The van der Waals surface area contributed by atoms with Crippen LogP contribution in [0.4, 0.5) is 0 Å². The molecule has 1 atom stereocenters. The minimum Gasteiger partial charge on any atom is -0.464 e. The van der Waals surface area contributed by atoms with Gasteiger partial charge in [0.1, 0.15) is 13.2 Å². The minimum absolute atomic E-state index is 0.198. The second-order valence-corrected chi connectivity index (χ2v) is 6.77. The Labute approximate surface area is 153 Å². The molecule has 1 unspecified atom stereocenters. The number of carbonyl (C=O) groups excluding carboxylic acids is 2. The summed E-state index contributed by atoms with van der Waals surface area (Å²) in [5, 5.41) is 0. The van der Waals surface area contributed by atoms with E-state index in [1.807, 2.05) is 6.92 Å². The molecule has 148 valence electrons. The van der Waals surface area contributed by atoms with Crippen LogP contribution in [0.3, 0.4) is 0 Å². The SMILES string of the molecule is CCCCCCCCCCOC(=O)COCC(=O)OCC(C)CCC. The molecule has 0 aliphatic rings. The maximum absolute atomic E-state index is 11.5. The summed E-state index contributed by atoms with van der Waals surface area (Å²) in [6.07, 6.45) is 11.7. The Kier molecular flexibility index (Phi) is 16.9. The first-order valence-electron chi connectivity index (χ1n) is 9.99. The number of hydrogen-bond donors (Lipinski definition) is 0. The van der Waals surface area contributed by atoms with Gasteiger partial charge in [0.15, 0.2) is 0 Å². The van der Waals surface area contributed by atoms with Crippen molar-refractivity contribution in [2.24, 2.45) is 5.92 Å². The Morgan fingerprint density at radius 3 is 1.92 bits per heavy atom. The van der Waals surface area contributed by atoms with Gasteiger partial charge in [-0.05, 0) is 18.8 Å². The van der Waals surface area contributed by atoms with E-state index in [9.17, 15) is 9.59 Å². The van der Waals surface area contributed by atoms with Crippen molar-refractivity contribution >= 4 is 11.9 Å². The number of esters is 2. The van der Waals surface area contributed by atoms with Gasteiger partial charge in [0.2, 0.25) is 0 Å². The fourth-order valence-corrected chi connectivity index (χ4v) is 2.53. The predicted octanol–water partition coefficient (Wildman–Crippen LogP) is 4.67. The van der Waals surface area contributed by atoms with Crippen LogP contribution < -0.4 is 0 Å². The highest BCUT2D eigenvalue weighted by Crippen LogP contribution is 2.08. The van der Waals surface area contributed by atoms with E-state index in [-0.39, 0.29) is 13.2 Å². The van der Waals surface area contributed by atoms with Gasteiger partial charge in [-0.3, -0.25) is 0 Å². The summed E-state index contributed by atoms with van der Waals surface area (Å²) in [5.74, 6) is -0.500. The molecule has 0 N–H and O–H groups in total. The highest BCUT2D eigenvalue weighted by molar-refractivity contribution is 5.73. The zero-order chi connectivity index (χ0) is 18.8. The fraction of sp³-hybridized carbons (Fsp3) is 0.900. The van der Waals surface area contributed by atoms with Crippen LogP contribution in [0.1, 0.15) is 85.0 Å². The lowest BCUT2D eigenvalue weighted by Crippen LogP contribution is -2.20. The van der Waals surface area contributed by atoms with E-state index in [1.165, 1.54) is 38.5 Å². The third kappa shape index (κ3) is 17.5. The average molecular weight is 359 g/mol. The Bertz CT molecular complexity index is 330. The first kappa shape index (κ1) is 23.9. The van der Waals surface area contributed by atoms with Gasteiger partial charge in [-0.2, -0.15) is 0 Å². The molecule has 0 amide bonds. The zero-order valence-corrected chi connectivity index (χ0v) is 16.5. The van der Waals surface area contributed by atoms with Crippen molar-refractivity contribution in [3.8, 4) is 0 Å². The molecule has 0 radical (unpaired) electrons. The van der Waals surface area contributed by atoms with E-state index in [1.54, 1.807) is 0 Å². The molecule has 0 bridgehead atoms. The van der Waals surface area contributed by atoms with Crippen LogP contribution in [0.25, 0.3) is 0 Å². The van der Waals surface area contributed by atoms with Crippen molar-refractivity contribution in [2.75, 3.05) is 26.4 Å². The number of unbranched alkanes of at least 4 members (excludes halogenated alkanes) is 7. The second-order valence-electron chi connectivity index (χ2n) is 6.77. The van der Waals surface area contributed by atoms with Crippen molar-refractivity contribution in [1.82, 2.24) is 0 Å². The predicted molar refractivity (Wildman–Crippen MR) is 99.4 cm³/mol. The topological polar surface area (TPSA) is 61.8 Å². The van der Waals surface area contributed by atoms with Crippen LogP contribution in [-0.2, 0) is 23.8 Å². The molecule has 0 aromatic heterocycles. The summed E-state index contributed by atoms with van der Waals surface area (Å²) in [4.78, 5) is 22.9. The van der Waals surface area contributed by atoms with Gasteiger partial charge < -0.3 is 14.2 Å². The zero-order valence-electron chi connectivity index (χ0n) is 16.5. The molecule has 0 rings (SSSR count). The summed E-state index contributed by atoms with van der Waals surface area (Å²) in [6.45, 7) is 6.79. The normalized spacial score (nSPS) is 12.0. The van der Waals surface area contributed by atoms with Crippen molar-refractivity contribution < 1.29 is 23.8 Å². The lowest BCUT2D eigenvalue weighted by atomic mass is 10.1. The smallest absolute Gasteiger partial charge is 0.332 e. The molecule has 0 aliphatic heterocycles. The van der Waals surface area contributed by atoms with Gasteiger partial charge in [0, 0.05) is 0 Å². The number of ether oxygens (including phenoxy) is 3. The van der Waals surface area contributed by atoms with Gasteiger partial charge in [-0.25, -0.2) is 9.59 Å². The van der Waals surface area contributed by atoms with E-state index in [4.69, 9.17) is 14.2 Å². The summed E-state index contributed by atoms with van der Waals surface area (Å²) in [7, 11) is 0. The molecule has 5 nitrogen and oxygen atoms in total. The molecular weight excluding hydrogens is 320 g/mol. The first-order valence-corrected chi connectivity index (χ1v) is 9.99. The average Bonchev–Trinajstić information content (AvgIpc) is 2.59. The minimum atomic E-state index is -0.432. The van der Waals surface area contributed by atoms with Crippen LogP contribution in [0.15, 0.2) is 0 Å². The lowest BCUT2D eigenvalue weighted by Gasteiger charge is -2.11. The van der Waals surface area contributed by atoms with E-state index < -0.39 is 11.9 Å². The number of carbonyl (C=O) groups is 2. The molecule has 0 aromatic rings. The maximum atomic E-state index is 11.5. The van der Waals surface area contributed by atoms with Crippen molar-refractivity contribution in [2.45, 2.75) is 85.0 Å². The summed E-state index contributed by atoms with van der Waals surface area (Å²) in [6, 6.07) is 0. The van der Waals surface area contributed by atoms with Gasteiger partial charge in [0.25, 0.3) is 0 Å². The summed E-state index contributed by atoms with van der Waals surface area (Å²) in [5.41, 5.74) is 0. The first-order chi connectivity index (χ1) is 12.1. The quantitative estimate of drug-likeness (QED) is 0.279. The largest absolute Gasteiger partial charge is 0.464 e. The molecule has 0 aromatic carbocycles. The van der Waals surface area contributed by atoms with E-state index in [0.717, 1.165) is 25.7 Å². The number of rotatable bonds is 17. The molecule has 25 heavy (non-hydrogen) atoms. The fourth-order valence-electron chi connectivity index (χ4n) is 2.53. The van der Waals surface area contributed by atoms with Gasteiger partial charge in [0.05, 0.1) is 13.2 Å².